The molecule has 4 aliphatic rings. The maximum Gasteiger partial charge on any atom is 0.305 e. The van der Waals surface area contributed by atoms with E-state index in [2.05, 4.69) is 20.8 Å². The molecule has 2 N–H and O–H groups in total. The number of carbonyl (C=O) groups excluding carboxylic acids is 1. The van der Waals surface area contributed by atoms with Crippen molar-refractivity contribution in [1.29, 1.82) is 0 Å². The smallest absolute Gasteiger partial charge is 0.305 e. The van der Waals surface area contributed by atoms with Gasteiger partial charge in [0.1, 0.15) is 0 Å². The number of methoxy groups -OCH3 is 1. The summed E-state index contributed by atoms with van der Waals surface area (Å²) >= 11 is 0. The van der Waals surface area contributed by atoms with Crippen molar-refractivity contribution in [2.45, 2.75) is 90.8 Å². The van der Waals surface area contributed by atoms with E-state index < -0.39 is 12.2 Å². The average molecular weight is 393 g/mol. The van der Waals surface area contributed by atoms with Crippen LogP contribution in [0.15, 0.2) is 0 Å². The first-order chi connectivity index (χ1) is 13.2. The molecule has 0 bridgehead atoms. The minimum absolute atomic E-state index is 0.0731. The van der Waals surface area contributed by atoms with Gasteiger partial charge in [0.25, 0.3) is 0 Å². The summed E-state index contributed by atoms with van der Waals surface area (Å²) in [6, 6.07) is 0. The minimum atomic E-state index is -0.551. The summed E-state index contributed by atoms with van der Waals surface area (Å²) in [6.45, 7) is 7.17. The molecular weight excluding hydrogens is 352 g/mol. The first kappa shape index (κ1) is 20.7. The van der Waals surface area contributed by atoms with E-state index in [-0.39, 0.29) is 11.4 Å². The van der Waals surface area contributed by atoms with Crippen molar-refractivity contribution in [3.05, 3.63) is 0 Å². The topological polar surface area (TPSA) is 66.8 Å². The molecule has 4 aliphatic carbocycles. The number of hydrogen-bond donors (Lipinski definition) is 2. The third-order valence-electron chi connectivity index (χ3n) is 10.2. The van der Waals surface area contributed by atoms with Crippen molar-refractivity contribution < 1.29 is 19.7 Å². The zero-order valence-corrected chi connectivity index (χ0v) is 18.2. The third-order valence-corrected chi connectivity index (χ3v) is 10.2. The maximum absolute atomic E-state index is 11.9. The van der Waals surface area contributed by atoms with E-state index >= 15 is 0 Å². The number of rotatable bonds is 3. The highest BCUT2D eigenvalue weighted by Gasteiger charge is 2.61. The Morgan fingerprint density at radius 3 is 2.46 bits per heavy atom. The molecule has 4 saturated carbocycles. The summed E-state index contributed by atoms with van der Waals surface area (Å²) in [4.78, 5) is 11.9. The molecule has 0 heterocycles. The van der Waals surface area contributed by atoms with Gasteiger partial charge in [0, 0.05) is 6.42 Å². The van der Waals surface area contributed by atoms with Crippen molar-refractivity contribution in [2.75, 3.05) is 7.11 Å². The average Bonchev–Trinajstić information content (AvgIpc) is 3.00. The van der Waals surface area contributed by atoms with Gasteiger partial charge < -0.3 is 14.9 Å². The standard InChI is InChI=1S/C24H40O4/c1-14(11-22(27)28-4)17-7-8-18-16-6-5-15-12-20(25)21(26)13-24(15,3)19(16)9-10-23(17,18)2/h14-21,25-26H,5-13H2,1-4H3/t14-,15+,16+,17-,18+,19+,20+,21+,23-,24+/m1/s1. The first-order valence-corrected chi connectivity index (χ1v) is 11.6. The lowest BCUT2D eigenvalue weighted by Gasteiger charge is -2.61. The van der Waals surface area contributed by atoms with Crippen LogP contribution in [0.5, 0.6) is 0 Å². The molecule has 0 aromatic rings. The number of aliphatic hydroxyl groups is 2. The molecule has 4 fully saturated rings. The van der Waals surface area contributed by atoms with E-state index in [1.54, 1.807) is 0 Å². The van der Waals surface area contributed by atoms with Crippen LogP contribution in [-0.4, -0.2) is 35.5 Å². The van der Waals surface area contributed by atoms with Crippen LogP contribution in [0.25, 0.3) is 0 Å². The molecule has 0 aromatic carbocycles. The van der Waals surface area contributed by atoms with E-state index in [1.165, 1.54) is 45.6 Å². The fourth-order valence-electron chi connectivity index (χ4n) is 8.74. The Balaban J connectivity index is 1.54. The molecule has 4 nitrogen and oxygen atoms in total. The van der Waals surface area contributed by atoms with E-state index in [4.69, 9.17) is 4.74 Å². The van der Waals surface area contributed by atoms with Crippen LogP contribution < -0.4 is 0 Å². The predicted octanol–water partition coefficient (Wildman–Crippen LogP) is 4.18. The zero-order valence-electron chi connectivity index (χ0n) is 18.2. The number of fused-ring (bicyclic) bond motifs is 5. The zero-order chi connectivity index (χ0) is 20.3. The van der Waals surface area contributed by atoms with Gasteiger partial charge in [0.2, 0.25) is 0 Å². The van der Waals surface area contributed by atoms with Crippen LogP contribution in [0.1, 0.15) is 78.6 Å². The predicted molar refractivity (Wildman–Crippen MR) is 108 cm³/mol. The lowest BCUT2D eigenvalue weighted by Crippen LogP contribution is -2.56. The largest absolute Gasteiger partial charge is 0.469 e. The van der Waals surface area contributed by atoms with Gasteiger partial charge in [0.15, 0.2) is 0 Å². The molecule has 4 heteroatoms. The maximum atomic E-state index is 11.9. The number of ether oxygens (including phenoxy) is 1. The molecule has 28 heavy (non-hydrogen) atoms. The SMILES string of the molecule is COC(=O)C[C@@H](C)[C@H]1CC[C@H]2[C@@H]3CC[C@H]4C[C@H](O)[C@@H](O)C[C@]4(C)[C@H]3CC[C@]12C. The monoisotopic (exact) mass is 392 g/mol. The lowest BCUT2D eigenvalue weighted by molar-refractivity contribution is -0.161. The fraction of sp³-hybridized carbons (Fsp3) is 0.958. The van der Waals surface area contributed by atoms with Gasteiger partial charge in [-0.1, -0.05) is 20.8 Å². The third kappa shape index (κ3) is 3.05. The number of hydrogen-bond acceptors (Lipinski definition) is 4. The Kier molecular flexibility index (Phi) is 5.36. The van der Waals surface area contributed by atoms with Gasteiger partial charge in [-0.2, -0.15) is 0 Å². The van der Waals surface area contributed by atoms with Crippen molar-refractivity contribution in [3.63, 3.8) is 0 Å². The summed E-state index contributed by atoms with van der Waals surface area (Å²) in [5.41, 5.74) is 0.517. The van der Waals surface area contributed by atoms with E-state index in [1.807, 2.05) is 0 Å². The summed E-state index contributed by atoms with van der Waals surface area (Å²) in [6.07, 6.45) is 8.52. The molecule has 0 aliphatic heterocycles. The molecule has 160 valence electrons. The molecule has 0 aromatic heterocycles. The van der Waals surface area contributed by atoms with Crippen LogP contribution in [0, 0.1) is 46.3 Å². The molecule has 0 radical (unpaired) electrons. The van der Waals surface area contributed by atoms with Crippen LogP contribution in [0.3, 0.4) is 0 Å². The van der Waals surface area contributed by atoms with E-state index in [0.29, 0.717) is 35.5 Å². The van der Waals surface area contributed by atoms with Gasteiger partial charge >= 0.3 is 5.97 Å². The van der Waals surface area contributed by atoms with E-state index in [9.17, 15) is 15.0 Å². The Bertz CT molecular complexity index is 605. The van der Waals surface area contributed by atoms with Crippen molar-refractivity contribution in [3.8, 4) is 0 Å². The summed E-state index contributed by atoms with van der Waals surface area (Å²) in [5.74, 6) is 3.67. The second-order valence-corrected chi connectivity index (χ2v) is 11.2. The molecular formula is C24H40O4. The molecule has 0 saturated heterocycles. The molecule has 10 atom stereocenters. The summed E-state index contributed by atoms with van der Waals surface area (Å²) in [7, 11) is 1.49. The second-order valence-electron chi connectivity index (χ2n) is 11.2. The highest BCUT2D eigenvalue weighted by Crippen LogP contribution is 2.68. The van der Waals surface area contributed by atoms with Crippen molar-refractivity contribution in [1.82, 2.24) is 0 Å². The highest BCUT2D eigenvalue weighted by molar-refractivity contribution is 5.69. The lowest BCUT2D eigenvalue weighted by atomic mass is 9.44. The normalized spacial score (nSPS) is 51.6. The van der Waals surface area contributed by atoms with Gasteiger partial charge in [-0.05, 0) is 97.7 Å². The number of esters is 1. The molecule has 0 spiro atoms. The van der Waals surface area contributed by atoms with Crippen molar-refractivity contribution >= 4 is 5.97 Å². The number of carbonyl (C=O) groups is 1. The molecule has 0 unspecified atom stereocenters. The second kappa shape index (κ2) is 7.27. The quantitative estimate of drug-likeness (QED) is 0.707. The molecule has 0 amide bonds. The van der Waals surface area contributed by atoms with Gasteiger partial charge in [-0.15, -0.1) is 0 Å². The Morgan fingerprint density at radius 2 is 1.75 bits per heavy atom. The Labute approximate surface area is 170 Å². The van der Waals surface area contributed by atoms with Crippen molar-refractivity contribution in [2.24, 2.45) is 46.3 Å². The van der Waals surface area contributed by atoms with Gasteiger partial charge in [0.05, 0.1) is 19.3 Å². The Morgan fingerprint density at radius 1 is 1.04 bits per heavy atom. The van der Waals surface area contributed by atoms with E-state index in [0.717, 1.165) is 24.7 Å². The summed E-state index contributed by atoms with van der Waals surface area (Å²) < 4.78 is 4.94. The minimum Gasteiger partial charge on any atom is -0.469 e. The van der Waals surface area contributed by atoms with Crippen LogP contribution in [0.4, 0.5) is 0 Å². The van der Waals surface area contributed by atoms with Crippen LogP contribution in [0.2, 0.25) is 0 Å². The highest BCUT2D eigenvalue weighted by atomic mass is 16.5. The van der Waals surface area contributed by atoms with Crippen LogP contribution in [-0.2, 0) is 9.53 Å². The van der Waals surface area contributed by atoms with Crippen LogP contribution >= 0.6 is 0 Å². The molecule has 4 rings (SSSR count). The summed E-state index contributed by atoms with van der Waals surface area (Å²) in [5, 5.41) is 20.7. The fourth-order valence-corrected chi connectivity index (χ4v) is 8.74. The van der Waals surface area contributed by atoms with Gasteiger partial charge in [-0.25, -0.2) is 0 Å². The first-order valence-electron chi connectivity index (χ1n) is 11.6. The number of aliphatic hydroxyl groups excluding tert-OH is 2. The Hall–Kier alpha value is -0.610. The van der Waals surface area contributed by atoms with Gasteiger partial charge in [-0.3, -0.25) is 4.79 Å².